The highest BCUT2D eigenvalue weighted by molar-refractivity contribution is 6.01. The van der Waals surface area contributed by atoms with Gasteiger partial charge in [0.1, 0.15) is 17.5 Å². The third-order valence-electron chi connectivity index (χ3n) is 3.80. The molecular formula is C17H16O3. The lowest BCUT2D eigenvalue weighted by Crippen LogP contribution is -2.30. The van der Waals surface area contributed by atoms with Gasteiger partial charge in [-0.05, 0) is 24.3 Å². The number of esters is 1. The van der Waals surface area contributed by atoms with Gasteiger partial charge in [0.25, 0.3) is 0 Å². The van der Waals surface area contributed by atoms with Crippen LogP contribution in [0.5, 0.6) is 5.75 Å². The van der Waals surface area contributed by atoms with Crippen LogP contribution < -0.4 is 4.74 Å². The third-order valence-corrected chi connectivity index (χ3v) is 3.80. The smallest absolute Gasteiger partial charge is 0.321 e. The van der Waals surface area contributed by atoms with Crippen molar-refractivity contribution in [3.05, 3.63) is 42.5 Å². The van der Waals surface area contributed by atoms with Crippen molar-refractivity contribution < 1.29 is 14.3 Å². The predicted octanol–water partition coefficient (Wildman–Crippen LogP) is 3.50. The van der Waals surface area contributed by atoms with E-state index in [2.05, 4.69) is 0 Å². The molecule has 20 heavy (non-hydrogen) atoms. The zero-order chi connectivity index (χ0) is 13.9. The van der Waals surface area contributed by atoms with Gasteiger partial charge in [-0.25, -0.2) is 0 Å². The molecule has 0 N–H and O–H groups in total. The molecule has 0 aromatic heterocycles. The van der Waals surface area contributed by atoms with Crippen LogP contribution in [0.25, 0.3) is 10.8 Å². The van der Waals surface area contributed by atoms with Gasteiger partial charge in [-0.3, -0.25) is 9.59 Å². The minimum atomic E-state index is -0.581. The predicted molar refractivity (Wildman–Crippen MR) is 76.5 cm³/mol. The molecule has 102 valence electrons. The molecule has 0 bridgehead atoms. The van der Waals surface area contributed by atoms with Gasteiger partial charge < -0.3 is 4.74 Å². The number of fused-ring (bicyclic) bond motifs is 1. The van der Waals surface area contributed by atoms with Gasteiger partial charge >= 0.3 is 5.97 Å². The minimum absolute atomic E-state index is 0.0153. The summed E-state index contributed by atoms with van der Waals surface area (Å²) in [4.78, 5) is 24.0. The summed E-state index contributed by atoms with van der Waals surface area (Å²) >= 11 is 0. The molecule has 3 heteroatoms. The van der Waals surface area contributed by atoms with Crippen molar-refractivity contribution in [2.24, 2.45) is 5.92 Å². The van der Waals surface area contributed by atoms with Gasteiger partial charge in [-0.15, -0.1) is 0 Å². The van der Waals surface area contributed by atoms with Gasteiger partial charge in [-0.1, -0.05) is 42.8 Å². The SMILES string of the molecule is O=C1CCCCC1C(=O)Oc1cccc2ccccc12. The number of hydrogen-bond acceptors (Lipinski definition) is 3. The molecule has 1 saturated carbocycles. The summed E-state index contributed by atoms with van der Waals surface area (Å²) in [6.07, 6.45) is 2.91. The molecule has 0 saturated heterocycles. The molecular weight excluding hydrogens is 252 g/mol. The van der Waals surface area contributed by atoms with E-state index in [1.54, 1.807) is 6.07 Å². The first-order chi connectivity index (χ1) is 9.75. The molecule has 1 aliphatic carbocycles. The molecule has 3 rings (SSSR count). The van der Waals surface area contributed by atoms with Gasteiger partial charge in [0.15, 0.2) is 0 Å². The fourth-order valence-corrected chi connectivity index (χ4v) is 2.70. The second-order valence-corrected chi connectivity index (χ2v) is 5.16. The molecule has 3 nitrogen and oxygen atoms in total. The topological polar surface area (TPSA) is 43.4 Å². The number of carbonyl (C=O) groups excluding carboxylic acids is 2. The lowest BCUT2D eigenvalue weighted by atomic mass is 9.88. The van der Waals surface area contributed by atoms with Crippen molar-refractivity contribution >= 4 is 22.5 Å². The van der Waals surface area contributed by atoms with Crippen molar-refractivity contribution in [2.45, 2.75) is 25.7 Å². The highest BCUT2D eigenvalue weighted by Crippen LogP contribution is 2.28. The number of carbonyl (C=O) groups is 2. The van der Waals surface area contributed by atoms with Crippen LogP contribution in [0.3, 0.4) is 0 Å². The summed E-state index contributed by atoms with van der Waals surface area (Å²) in [6.45, 7) is 0. The van der Waals surface area contributed by atoms with E-state index in [0.29, 0.717) is 18.6 Å². The number of rotatable bonds is 2. The minimum Gasteiger partial charge on any atom is -0.425 e. The maximum Gasteiger partial charge on any atom is 0.321 e. The lowest BCUT2D eigenvalue weighted by molar-refractivity contribution is -0.145. The Morgan fingerprint density at radius 1 is 1.05 bits per heavy atom. The number of ether oxygens (including phenoxy) is 1. The zero-order valence-electron chi connectivity index (χ0n) is 11.2. The summed E-state index contributed by atoms with van der Waals surface area (Å²) in [7, 11) is 0. The van der Waals surface area contributed by atoms with E-state index in [4.69, 9.17) is 4.74 Å². The quantitative estimate of drug-likeness (QED) is 0.475. The van der Waals surface area contributed by atoms with Crippen molar-refractivity contribution in [2.75, 3.05) is 0 Å². The Hall–Kier alpha value is -2.16. The highest BCUT2D eigenvalue weighted by atomic mass is 16.5. The summed E-state index contributed by atoms with van der Waals surface area (Å²) in [5.74, 6) is -0.443. The highest BCUT2D eigenvalue weighted by Gasteiger charge is 2.30. The van der Waals surface area contributed by atoms with Crippen LogP contribution in [0, 0.1) is 5.92 Å². The van der Waals surface area contributed by atoms with E-state index in [1.165, 1.54) is 0 Å². The van der Waals surface area contributed by atoms with Crippen LogP contribution in [-0.2, 0) is 9.59 Å². The molecule has 0 aliphatic heterocycles. The maximum absolute atomic E-state index is 12.2. The van der Waals surface area contributed by atoms with Crippen LogP contribution in [0.4, 0.5) is 0 Å². The van der Waals surface area contributed by atoms with Gasteiger partial charge in [0.2, 0.25) is 0 Å². The Labute approximate surface area is 117 Å². The second-order valence-electron chi connectivity index (χ2n) is 5.16. The normalized spacial score (nSPS) is 19.0. The standard InChI is InChI=1S/C17H16O3/c18-15-10-4-3-9-14(15)17(19)20-16-11-5-7-12-6-1-2-8-13(12)16/h1-2,5-8,11,14H,3-4,9-10H2. The van der Waals surface area contributed by atoms with Gasteiger partial charge in [0, 0.05) is 11.8 Å². The Bertz CT molecular complexity index is 655. The fraction of sp³-hybridized carbons (Fsp3) is 0.294. The Morgan fingerprint density at radius 3 is 2.70 bits per heavy atom. The monoisotopic (exact) mass is 268 g/mol. The largest absolute Gasteiger partial charge is 0.425 e. The third kappa shape index (κ3) is 2.44. The van der Waals surface area contributed by atoms with Gasteiger partial charge in [-0.2, -0.15) is 0 Å². The van der Waals surface area contributed by atoms with Crippen LogP contribution >= 0.6 is 0 Å². The second kappa shape index (κ2) is 5.45. The van der Waals surface area contributed by atoms with E-state index in [1.807, 2.05) is 36.4 Å². The Morgan fingerprint density at radius 2 is 1.85 bits per heavy atom. The first-order valence-electron chi connectivity index (χ1n) is 6.98. The molecule has 2 aromatic rings. The maximum atomic E-state index is 12.2. The number of benzene rings is 2. The van der Waals surface area contributed by atoms with Crippen molar-refractivity contribution in [3.63, 3.8) is 0 Å². The van der Waals surface area contributed by atoms with Gasteiger partial charge in [0.05, 0.1) is 0 Å². The van der Waals surface area contributed by atoms with E-state index in [9.17, 15) is 9.59 Å². The molecule has 1 atom stereocenters. The molecule has 0 amide bonds. The van der Waals surface area contributed by atoms with E-state index in [0.717, 1.165) is 23.6 Å². The molecule has 1 fully saturated rings. The first kappa shape index (κ1) is 12.9. The number of ketones is 1. The van der Waals surface area contributed by atoms with Crippen molar-refractivity contribution in [1.29, 1.82) is 0 Å². The van der Waals surface area contributed by atoms with E-state index >= 15 is 0 Å². The Balaban J connectivity index is 1.86. The summed E-state index contributed by atoms with van der Waals surface area (Å²) in [5, 5.41) is 1.92. The van der Waals surface area contributed by atoms with Crippen LogP contribution in [-0.4, -0.2) is 11.8 Å². The first-order valence-corrected chi connectivity index (χ1v) is 6.98. The zero-order valence-corrected chi connectivity index (χ0v) is 11.2. The molecule has 0 radical (unpaired) electrons. The van der Waals surface area contributed by atoms with Crippen LogP contribution in [0.1, 0.15) is 25.7 Å². The van der Waals surface area contributed by atoms with Crippen LogP contribution in [0.2, 0.25) is 0 Å². The average molecular weight is 268 g/mol. The van der Waals surface area contributed by atoms with E-state index in [-0.39, 0.29) is 5.78 Å². The van der Waals surface area contributed by atoms with Crippen LogP contribution in [0.15, 0.2) is 42.5 Å². The number of hydrogen-bond donors (Lipinski definition) is 0. The fourth-order valence-electron chi connectivity index (χ4n) is 2.70. The molecule has 1 unspecified atom stereocenters. The Kier molecular flexibility index (Phi) is 3.50. The lowest BCUT2D eigenvalue weighted by Gasteiger charge is -2.19. The molecule has 2 aromatic carbocycles. The summed E-state index contributed by atoms with van der Waals surface area (Å²) in [6, 6.07) is 13.3. The molecule has 0 spiro atoms. The van der Waals surface area contributed by atoms with Crippen molar-refractivity contribution in [3.8, 4) is 5.75 Å². The molecule has 0 heterocycles. The molecule has 1 aliphatic rings. The summed E-state index contributed by atoms with van der Waals surface area (Å²) in [5.41, 5.74) is 0. The number of Topliss-reactive ketones (excluding diaryl/α,β-unsaturated/α-hetero) is 1. The average Bonchev–Trinajstić information content (AvgIpc) is 2.48. The van der Waals surface area contributed by atoms with Crippen molar-refractivity contribution in [1.82, 2.24) is 0 Å². The summed E-state index contributed by atoms with van der Waals surface area (Å²) < 4.78 is 5.48. The van der Waals surface area contributed by atoms with E-state index < -0.39 is 11.9 Å².